The first-order valence-electron chi connectivity index (χ1n) is 6.44. The van der Waals surface area contributed by atoms with E-state index in [-0.39, 0.29) is 11.6 Å². The highest BCUT2D eigenvalue weighted by Gasteiger charge is 2.22. The van der Waals surface area contributed by atoms with Crippen LogP contribution in [0.5, 0.6) is 0 Å². The maximum Gasteiger partial charge on any atom is 0.261 e. The predicted octanol–water partition coefficient (Wildman–Crippen LogP) is 2.02. The van der Waals surface area contributed by atoms with Crippen LogP contribution in [0, 0.1) is 0 Å². The zero-order chi connectivity index (χ0) is 13.6. The number of aromatic nitrogens is 3. The molecule has 2 heterocycles. The number of hydrogen-bond donors (Lipinski definition) is 1. The van der Waals surface area contributed by atoms with Crippen molar-refractivity contribution in [3.8, 4) is 10.6 Å². The normalized spacial score (nSPS) is 14.1. The summed E-state index contributed by atoms with van der Waals surface area (Å²) in [4.78, 5) is 12.6. The molecule has 6 heteroatoms. The predicted molar refractivity (Wildman–Crippen MR) is 76.4 cm³/mol. The van der Waals surface area contributed by atoms with Crippen molar-refractivity contribution in [1.29, 1.82) is 0 Å². The molecule has 0 saturated heterocycles. The lowest BCUT2D eigenvalue weighted by Crippen LogP contribution is -2.26. The average Bonchev–Trinajstić information content (AvgIpc) is 2.95. The molecule has 0 spiro atoms. The lowest BCUT2D eigenvalue weighted by Gasteiger charge is -2.17. The molecule has 100 valence electrons. The number of rotatable bonds is 2. The van der Waals surface area contributed by atoms with Gasteiger partial charge in [-0.25, -0.2) is 0 Å². The highest BCUT2D eigenvalue weighted by atomic mass is 32.1. The molecule has 0 saturated carbocycles. The minimum atomic E-state index is 0.0202. The van der Waals surface area contributed by atoms with E-state index in [1.807, 2.05) is 24.5 Å². The molecule has 0 bridgehead atoms. The van der Waals surface area contributed by atoms with Gasteiger partial charge in [0.15, 0.2) is 5.01 Å². The molecule has 2 N–H and O–H groups in total. The molecule has 0 unspecified atom stereocenters. The van der Waals surface area contributed by atoms with Crippen LogP contribution in [0.3, 0.4) is 0 Å². The quantitative estimate of drug-likeness (QED) is 0.910. The minimum absolute atomic E-state index is 0.0202. The third kappa shape index (κ3) is 1.96. The summed E-state index contributed by atoms with van der Waals surface area (Å²) in [5.41, 5.74) is 8.70. The third-order valence-corrected chi connectivity index (χ3v) is 4.26. The Morgan fingerprint density at radius 1 is 1.37 bits per heavy atom. The highest BCUT2D eigenvalue weighted by Crippen LogP contribution is 2.29. The molecule has 0 aromatic carbocycles. The first kappa shape index (κ1) is 12.3. The summed E-state index contributed by atoms with van der Waals surface area (Å²) in [6.07, 6.45) is 3.13. The second kappa shape index (κ2) is 4.45. The maximum atomic E-state index is 12.6. The van der Waals surface area contributed by atoms with E-state index < -0.39 is 0 Å². The van der Waals surface area contributed by atoms with Crippen LogP contribution in [0.1, 0.15) is 37.6 Å². The van der Waals surface area contributed by atoms with E-state index >= 15 is 0 Å². The zero-order valence-electron chi connectivity index (χ0n) is 11.0. The van der Waals surface area contributed by atoms with Gasteiger partial charge in [0.1, 0.15) is 0 Å². The number of nitrogens with zero attached hydrogens (tertiary/aromatic N) is 3. The Morgan fingerprint density at radius 2 is 2.16 bits per heavy atom. The molecule has 19 heavy (non-hydrogen) atoms. The summed E-state index contributed by atoms with van der Waals surface area (Å²) < 4.78 is 1.90. The van der Waals surface area contributed by atoms with E-state index in [0.717, 1.165) is 19.3 Å². The lowest BCUT2D eigenvalue weighted by atomic mass is 10.1. The number of anilines is 1. The molecular formula is C13H16N4OS. The second-order valence-corrected chi connectivity index (χ2v) is 6.11. The second-order valence-electron chi connectivity index (χ2n) is 5.10. The monoisotopic (exact) mass is 276 g/mol. The Balaban J connectivity index is 2.27. The number of hydrogen-bond acceptors (Lipinski definition) is 5. The van der Waals surface area contributed by atoms with Crippen molar-refractivity contribution >= 4 is 16.5 Å². The van der Waals surface area contributed by atoms with Gasteiger partial charge in [-0.1, -0.05) is 11.3 Å². The molecule has 0 amide bonds. The van der Waals surface area contributed by atoms with Crippen LogP contribution in [0.2, 0.25) is 0 Å². The highest BCUT2D eigenvalue weighted by molar-refractivity contribution is 7.18. The average molecular weight is 276 g/mol. The van der Waals surface area contributed by atoms with E-state index in [4.69, 9.17) is 5.73 Å². The SMILES string of the molecule is CC(C)n1c2c(cc(-c3nnc(N)s3)c1=O)CCC2. The Bertz CT molecular complexity index is 686. The van der Waals surface area contributed by atoms with Gasteiger partial charge < -0.3 is 10.3 Å². The summed E-state index contributed by atoms with van der Waals surface area (Å²) in [5.74, 6) is 0. The molecule has 0 aliphatic heterocycles. The Morgan fingerprint density at radius 3 is 2.79 bits per heavy atom. The van der Waals surface area contributed by atoms with Crippen LogP contribution in [0.4, 0.5) is 5.13 Å². The van der Waals surface area contributed by atoms with Gasteiger partial charge in [-0.3, -0.25) is 4.79 Å². The van der Waals surface area contributed by atoms with Crippen LogP contribution >= 0.6 is 11.3 Å². The summed E-state index contributed by atoms with van der Waals surface area (Å²) in [7, 11) is 0. The molecule has 1 aliphatic rings. The van der Waals surface area contributed by atoms with E-state index in [1.165, 1.54) is 22.6 Å². The topological polar surface area (TPSA) is 73.8 Å². The van der Waals surface area contributed by atoms with Crippen molar-refractivity contribution in [3.05, 3.63) is 27.7 Å². The van der Waals surface area contributed by atoms with Gasteiger partial charge in [-0.05, 0) is 44.7 Å². The first-order chi connectivity index (χ1) is 9.08. The van der Waals surface area contributed by atoms with E-state index in [1.54, 1.807) is 0 Å². The van der Waals surface area contributed by atoms with E-state index in [2.05, 4.69) is 10.2 Å². The summed E-state index contributed by atoms with van der Waals surface area (Å²) in [5, 5.41) is 8.81. The summed E-state index contributed by atoms with van der Waals surface area (Å²) in [6, 6.07) is 2.13. The Labute approximate surface area is 115 Å². The van der Waals surface area contributed by atoms with Crippen molar-refractivity contribution in [3.63, 3.8) is 0 Å². The van der Waals surface area contributed by atoms with Crippen molar-refractivity contribution in [1.82, 2.24) is 14.8 Å². The van der Waals surface area contributed by atoms with Gasteiger partial charge in [0.2, 0.25) is 5.13 Å². The fraction of sp³-hybridized carbons (Fsp3) is 0.462. The molecule has 0 atom stereocenters. The van der Waals surface area contributed by atoms with Crippen molar-refractivity contribution < 1.29 is 0 Å². The van der Waals surface area contributed by atoms with Crippen LogP contribution in [0.15, 0.2) is 10.9 Å². The van der Waals surface area contributed by atoms with Gasteiger partial charge in [0.05, 0.1) is 5.56 Å². The number of aryl methyl sites for hydroxylation is 1. The molecular weight excluding hydrogens is 260 g/mol. The Hall–Kier alpha value is -1.69. The summed E-state index contributed by atoms with van der Waals surface area (Å²) >= 11 is 1.26. The van der Waals surface area contributed by atoms with Crippen LogP contribution < -0.4 is 11.3 Å². The lowest BCUT2D eigenvalue weighted by molar-refractivity contribution is 0.555. The molecule has 0 fully saturated rings. The van der Waals surface area contributed by atoms with E-state index in [0.29, 0.717) is 15.7 Å². The largest absolute Gasteiger partial charge is 0.374 e. The standard InChI is InChI=1S/C13H16N4OS/c1-7(2)17-10-5-3-4-8(10)6-9(12(17)18)11-15-16-13(14)19-11/h6-7H,3-5H2,1-2H3,(H2,14,16). The van der Waals surface area contributed by atoms with Crippen molar-refractivity contribution in [2.75, 3.05) is 5.73 Å². The van der Waals surface area contributed by atoms with Crippen LogP contribution in [-0.4, -0.2) is 14.8 Å². The van der Waals surface area contributed by atoms with Gasteiger partial charge in [0.25, 0.3) is 5.56 Å². The zero-order valence-corrected chi connectivity index (χ0v) is 11.8. The van der Waals surface area contributed by atoms with Crippen LogP contribution in [-0.2, 0) is 12.8 Å². The molecule has 0 radical (unpaired) electrons. The Kier molecular flexibility index (Phi) is 2.89. The maximum absolute atomic E-state index is 12.6. The molecule has 1 aliphatic carbocycles. The van der Waals surface area contributed by atoms with Gasteiger partial charge in [-0.2, -0.15) is 0 Å². The van der Waals surface area contributed by atoms with Crippen molar-refractivity contribution in [2.45, 2.75) is 39.2 Å². The van der Waals surface area contributed by atoms with Crippen LogP contribution in [0.25, 0.3) is 10.6 Å². The number of nitrogens with two attached hydrogens (primary N) is 1. The number of pyridine rings is 1. The third-order valence-electron chi connectivity index (χ3n) is 3.48. The first-order valence-corrected chi connectivity index (χ1v) is 7.26. The van der Waals surface area contributed by atoms with Gasteiger partial charge in [-0.15, -0.1) is 10.2 Å². The van der Waals surface area contributed by atoms with Crippen molar-refractivity contribution in [2.24, 2.45) is 0 Å². The van der Waals surface area contributed by atoms with E-state index in [9.17, 15) is 4.79 Å². The van der Waals surface area contributed by atoms with Gasteiger partial charge in [0, 0.05) is 11.7 Å². The summed E-state index contributed by atoms with van der Waals surface area (Å²) in [6.45, 7) is 4.08. The molecule has 2 aromatic heterocycles. The minimum Gasteiger partial charge on any atom is -0.374 e. The number of nitrogen functional groups attached to an aromatic ring is 1. The molecule has 3 rings (SSSR count). The smallest absolute Gasteiger partial charge is 0.261 e. The fourth-order valence-electron chi connectivity index (χ4n) is 2.71. The molecule has 5 nitrogen and oxygen atoms in total. The van der Waals surface area contributed by atoms with Gasteiger partial charge >= 0.3 is 0 Å². The number of fused-ring (bicyclic) bond motifs is 1. The fourth-order valence-corrected chi connectivity index (χ4v) is 3.33. The molecule has 2 aromatic rings.